The molecule has 18 heavy (non-hydrogen) atoms. The molecule has 1 aromatic rings. The molecule has 0 aliphatic rings. The SMILES string of the molecule is COc1cc(C(C)C)ccc1COC(=O)C(C)N. The van der Waals surface area contributed by atoms with Gasteiger partial charge in [-0.2, -0.15) is 0 Å². The van der Waals surface area contributed by atoms with Crippen LogP contribution >= 0.6 is 0 Å². The maximum Gasteiger partial charge on any atom is 0.322 e. The molecule has 0 aliphatic carbocycles. The molecule has 0 bridgehead atoms. The minimum atomic E-state index is -0.606. The summed E-state index contributed by atoms with van der Waals surface area (Å²) in [5, 5.41) is 0. The van der Waals surface area contributed by atoms with Crippen molar-refractivity contribution < 1.29 is 14.3 Å². The van der Waals surface area contributed by atoms with Crippen LogP contribution in [0.4, 0.5) is 0 Å². The molecule has 0 aliphatic heterocycles. The topological polar surface area (TPSA) is 61.5 Å². The van der Waals surface area contributed by atoms with E-state index in [0.29, 0.717) is 5.92 Å². The van der Waals surface area contributed by atoms with Crippen molar-refractivity contribution in [2.45, 2.75) is 39.3 Å². The Labute approximate surface area is 108 Å². The Morgan fingerprint density at radius 2 is 2.00 bits per heavy atom. The van der Waals surface area contributed by atoms with Gasteiger partial charge in [-0.15, -0.1) is 0 Å². The molecule has 2 N–H and O–H groups in total. The van der Waals surface area contributed by atoms with Crippen LogP contribution in [0, 0.1) is 0 Å². The van der Waals surface area contributed by atoms with E-state index in [9.17, 15) is 4.79 Å². The molecule has 4 heteroatoms. The zero-order valence-electron chi connectivity index (χ0n) is 11.4. The molecule has 0 radical (unpaired) electrons. The summed E-state index contributed by atoms with van der Waals surface area (Å²) in [7, 11) is 1.61. The highest BCUT2D eigenvalue weighted by atomic mass is 16.5. The van der Waals surface area contributed by atoms with Crippen molar-refractivity contribution in [1.29, 1.82) is 0 Å². The molecule has 4 nitrogen and oxygen atoms in total. The standard InChI is InChI=1S/C14H21NO3/c1-9(2)11-5-6-12(13(7-11)17-4)8-18-14(16)10(3)15/h5-7,9-10H,8,15H2,1-4H3. The van der Waals surface area contributed by atoms with Crippen molar-refractivity contribution in [2.24, 2.45) is 5.73 Å². The van der Waals surface area contributed by atoms with Crippen molar-refractivity contribution in [3.63, 3.8) is 0 Å². The van der Waals surface area contributed by atoms with Crippen LogP contribution in [-0.2, 0) is 16.1 Å². The van der Waals surface area contributed by atoms with Gasteiger partial charge in [0.25, 0.3) is 0 Å². The zero-order chi connectivity index (χ0) is 13.7. The summed E-state index contributed by atoms with van der Waals surface area (Å²) < 4.78 is 10.4. The molecule has 0 saturated carbocycles. The van der Waals surface area contributed by atoms with Gasteiger partial charge in [-0.05, 0) is 24.5 Å². The maximum atomic E-state index is 11.3. The van der Waals surface area contributed by atoms with Crippen LogP contribution < -0.4 is 10.5 Å². The van der Waals surface area contributed by atoms with E-state index >= 15 is 0 Å². The van der Waals surface area contributed by atoms with E-state index < -0.39 is 12.0 Å². The van der Waals surface area contributed by atoms with Crippen LogP contribution in [0.15, 0.2) is 18.2 Å². The van der Waals surface area contributed by atoms with Gasteiger partial charge < -0.3 is 15.2 Å². The summed E-state index contributed by atoms with van der Waals surface area (Å²) in [4.78, 5) is 11.3. The predicted octanol–water partition coefficient (Wildman–Crippen LogP) is 2.21. The first-order valence-corrected chi connectivity index (χ1v) is 6.04. The first-order chi connectivity index (χ1) is 8.45. The number of rotatable bonds is 5. The zero-order valence-corrected chi connectivity index (χ0v) is 11.4. The average molecular weight is 251 g/mol. The van der Waals surface area contributed by atoms with Crippen LogP contribution in [0.1, 0.15) is 37.8 Å². The monoisotopic (exact) mass is 251 g/mol. The number of methoxy groups -OCH3 is 1. The fourth-order valence-electron chi connectivity index (χ4n) is 1.52. The molecular formula is C14H21NO3. The summed E-state index contributed by atoms with van der Waals surface area (Å²) in [5.74, 6) is 0.753. The fourth-order valence-corrected chi connectivity index (χ4v) is 1.52. The van der Waals surface area contributed by atoms with Crippen molar-refractivity contribution >= 4 is 5.97 Å². The molecule has 0 saturated heterocycles. The van der Waals surface area contributed by atoms with E-state index in [-0.39, 0.29) is 6.61 Å². The van der Waals surface area contributed by atoms with E-state index in [4.69, 9.17) is 15.2 Å². The Kier molecular flexibility index (Phi) is 5.16. The third-order valence-corrected chi connectivity index (χ3v) is 2.72. The van der Waals surface area contributed by atoms with Crippen LogP contribution in [0.3, 0.4) is 0 Å². The van der Waals surface area contributed by atoms with Gasteiger partial charge in [0.2, 0.25) is 0 Å². The summed E-state index contributed by atoms with van der Waals surface area (Å²) >= 11 is 0. The average Bonchev–Trinajstić information content (AvgIpc) is 2.35. The van der Waals surface area contributed by atoms with E-state index in [2.05, 4.69) is 13.8 Å². The summed E-state index contributed by atoms with van der Waals surface area (Å²) in [6, 6.07) is 5.30. The highest BCUT2D eigenvalue weighted by Crippen LogP contribution is 2.25. The summed E-state index contributed by atoms with van der Waals surface area (Å²) in [5.41, 5.74) is 7.46. The third-order valence-electron chi connectivity index (χ3n) is 2.72. The van der Waals surface area contributed by atoms with Gasteiger partial charge in [0, 0.05) is 5.56 Å². The van der Waals surface area contributed by atoms with Crippen LogP contribution in [0.5, 0.6) is 5.75 Å². The number of carbonyl (C=O) groups excluding carboxylic acids is 1. The molecule has 0 aromatic heterocycles. The molecule has 1 atom stereocenters. The van der Waals surface area contributed by atoms with Gasteiger partial charge in [0.1, 0.15) is 18.4 Å². The smallest absolute Gasteiger partial charge is 0.322 e. The number of hydrogen-bond acceptors (Lipinski definition) is 4. The van der Waals surface area contributed by atoms with Crippen LogP contribution in [0.25, 0.3) is 0 Å². The number of esters is 1. The first-order valence-electron chi connectivity index (χ1n) is 6.04. The van der Waals surface area contributed by atoms with E-state index in [0.717, 1.165) is 11.3 Å². The minimum absolute atomic E-state index is 0.182. The lowest BCUT2D eigenvalue weighted by atomic mass is 10.0. The molecule has 0 heterocycles. The molecule has 100 valence electrons. The summed E-state index contributed by atoms with van der Waals surface area (Å²) in [6.07, 6.45) is 0. The van der Waals surface area contributed by atoms with Crippen LogP contribution in [-0.4, -0.2) is 19.1 Å². The van der Waals surface area contributed by atoms with Gasteiger partial charge in [0.15, 0.2) is 0 Å². The minimum Gasteiger partial charge on any atom is -0.496 e. The number of ether oxygens (including phenoxy) is 2. The molecule has 0 amide bonds. The second kappa shape index (κ2) is 6.40. The lowest BCUT2D eigenvalue weighted by molar-refractivity contribution is -0.146. The molecule has 1 unspecified atom stereocenters. The molecular weight excluding hydrogens is 230 g/mol. The van der Waals surface area contributed by atoms with Crippen molar-refractivity contribution in [1.82, 2.24) is 0 Å². The second-order valence-electron chi connectivity index (χ2n) is 4.62. The number of nitrogens with two attached hydrogens (primary N) is 1. The Morgan fingerprint density at radius 3 is 2.50 bits per heavy atom. The normalized spacial score (nSPS) is 12.3. The molecule has 1 rings (SSSR count). The number of hydrogen-bond donors (Lipinski definition) is 1. The predicted molar refractivity (Wildman–Crippen MR) is 70.5 cm³/mol. The quantitative estimate of drug-likeness (QED) is 0.815. The lowest BCUT2D eigenvalue weighted by Gasteiger charge is -2.13. The van der Waals surface area contributed by atoms with Gasteiger partial charge in [-0.1, -0.05) is 26.0 Å². The van der Waals surface area contributed by atoms with E-state index in [1.807, 2.05) is 18.2 Å². The highest BCUT2D eigenvalue weighted by Gasteiger charge is 2.12. The Bertz CT molecular complexity index is 414. The number of carbonyl (C=O) groups is 1. The first kappa shape index (κ1) is 14.5. The molecule has 0 fully saturated rings. The van der Waals surface area contributed by atoms with Crippen molar-refractivity contribution in [2.75, 3.05) is 7.11 Å². The van der Waals surface area contributed by atoms with Gasteiger partial charge in [0.05, 0.1) is 7.11 Å². The second-order valence-corrected chi connectivity index (χ2v) is 4.62. The van der Waals surface area contributed by atoms with Gasteiger partial charge in [-0.3, -0.25) is 4.79 Å². The van der Waals surface area contributed by atoms with Crippen molar-refractivity contribution in [3.05, 3.63) is 29.3 Å². The Hall–Kier alpha value is -1.55. The summed E-state index contributed by atoms with van der Waals surface area (Å²) in [6.45, 7) is 6.01. The molecule has 0 spiro atoms. The largest absolute Gasteiger partial charge is 0.496 e. The fraction of sp³-hybridized carbons (Fsp3) is 0.500. The van der Waals surface area contributed by atoms with E-state index in [1.54, 1.807) is 14.0 Å². The van der Waals surface area contributed by atoms with Crippen LogP contribution in [0.2, 0.25) is 0 Å². The van der Waals surface area contributed by atoms with Gasteiger partial charge >= 0.3 is 5.97 Å². The van der Waals surface area contributed by atoms with E-state index in [1.165, 1.54) is 5.56 Å². The third kappa shape index (κ3) is 3.74. The Morgan fingerprint density at radius 1 is 1.33 bits per heavy atom. The Balaban J connectivity index is 2.80. The molecule has 1 aromatic carbocycles. The highest BCUT2D eigenvalue weighted by molar-refractivity contribution is 5.74. The van der Waals surface area contributed by atoms with Gasteiger partial charge in [-0.25, -0.2) is 0 Å². The van der Waals surface area contributed by atoms with Crippen molar-refractivity contribution in [3.8, 4) is 5.75 Å². The lowest BCUT2D eigenvalue weighted by Crippen LogP contribution is -2.28. The number of benzene rings is 1. The maximum absolute atomic E-state index is 11.3.